The van der Waals surface area contributed by atoms with Crippen LogP contribution in [0.4, 0.5) is 5.69 Å². The van der Waals surface area contributed by atoms with Crippen LogP contribution in [0, 0.1) is 0 Å². The maximum Gasteiger partial charge on any atom is 0.251 e. The number of carbonyl (C=O) groups excluding carboxylic acids is 1. The lowest BCUT2D eigenvalue weighted by Crippen LogP contribution is -2.26. The van der Waals surface area contributed by atoms with E-state index in [9.17, 15) is 9.59 Å². The SMILES string of the molecule is CC(C)(C)c1nc(-c2ccc(NC(=O)Cn3cc(Br)ccc3=O)cc2)no1. The molecule has 27 heavy (non-hydrogen) atoms. The van der Waals surface area contributed by atoms with Crippen LogP contribution in [0.1, 0.15) is 26.7 Å². The number of aromatic nitrogens is 3. The van der Waals surface area contributed by atoms with Gasteiger partial charge in [-0.15, -0.1) is 0 Å². The third-order valence-electron chi connectivity index (χ3n) is 3.76. The van der Waals surface area contributed by atoms with E-state index < -0.39 is 0 Å². The highest BCUT2D eigenvalue weighted by Crippen LogP contribution is 2.24. The van der Waals surface area contributed by atoms with E-state index in [2.05, 4.69) is 31.4 Å². The van der Waals surface area contributed by atoms with Crippen LogP contribution in [0.3, 0.4) is 0 Å². The summed E-state index contributed by atoms with van der Waals surface area (Å²) in [6, 6.07) is 10.2. The average Bonchev–Trinajstić information content (AvgIpc) is 3.09. The Balaban J connectivity index is 1.68. The van der Waals surface area contributed by atoms with Gasteiger partial charge < -0.3 is 14.4 Å². The summed E-state index contributed by atoms with van der Waals surface area (Å²) in [7, 11) is 0. The Labute approximate surface area is 164 Å². The van der Waals surface area contributed by atoms with Gasteiger partial charge in [-0.2, -0.15) is 4.98 Å². The second-order valence-corrected chi connectivity index (χ2v) is 8.03. The second-order valence-electron chi connectivity index (χ2n) is 7.11. The number of nitrogens with zero attached hydrogens (tertiary/aromatic N) is 3. The van der Waals surface area contributed by atoms with Gasteiger partial charge in [-0.05, 0) is 46.3 Å². The Bertz CT molecular complexity index is 1020. The Morgan fingerprint density at radius 2 is 1.89 bits per heavy atom. The minimum absolute atomic E-state index is 0.0696. The van der Waals surface area contributed by atoms with E-state index in [1.807, 2.05) is 20.8 Å². The molecule has 8 heteroatoms. The smallest absolute Gasteiger partial charge is 0.251 e. The molecule has 0 aliphatic rings. The predicted octanol–water partition coefficient (Wildman–Crippen LogP) is 3.60. The number of anilines is 1. The number of benzene rings is 1. The summed E-state index contributed by atoms with van der Waals surface area (Å²) in [5, 5.41) is 6.77. The summed E-state index contributed by atoms with van der Waals surface area (Å²) in [5.74, 6) is 0.769. The van der Waals surface area contributed by atoms with Crippen molar-refractivity contribution in [3.8, 4) is 11.4 Å². The number of hydrogen-bond acceptors (Lipinski definition) is 5. The van der Waals surface area contributed by atoms with E-state index in [1.54, 1.807) is 36.5 Å². The van der Waals surface area contributed by atoms with Crippen molar-refractivity contribution in [1.82, 2.24) is 14.7 Å². The van der Waals surface area contributed by atoms with Crippen LogP contribution in [0.25, 0.3) is 11.4 Å². The van der Waals surface area contributed by atoms with Crippen molar-refractivity contribution in [3.05, 3.63) is 63.3 Å². The number of pyridine rings is 1. The highest BCUT2D eigenvalue weighted by Gasteiger charge is 2.22. The number of halogens is 1. The predicted molar refractivity (Wildman–Crippen MR) is 105 cm³/mol. The Morgan fingerprint density at radius 3 is 2.52 bits per heavy atom. The zero-order valence-electron chi connectivity index (χ0n) is 15.2. The summed E-state index contributed by atoms with van der Waals surface area (Å²) in [6.07, 6.45) is 1.58. The lowest BCUT2D eigenvalue weighted by Gasteiger charge is -2.10. The second kappa shape index (κ2) is 7.48. The largest absolute Gasteiger partial charge is 0.338 e. The highest BCUT2D eigenvalue weighted by molar-refractivity contribution is 9.10. The molecule has 3 aromatic rings. The molecule has 0 radical (unpaired) electrons. The van der Waals surface area contributed by atoms with Gasteiger partial charge in [0.1, 0.15) is 6.54 Å². The first-order valence-electron chi connectivity index (χ1n) is 8.33. The standard InChI is InChI=1S/C19H19BrN4O3/c1-19(2,3)18-22-17(23-27-18)12-4-7-14(8-5-12)21-15(25)11-24-10-13(20)6-9-16(24)26/h4-10H,11H2,1-3H3,(H,21,25). The summed E-state index contributed by atoms with van der Waals surface area (Å²) in [6.45, 7) is 5.93. The molecule has 3 rings (SSSR count). The fraction of sp³-hybridized carbons (Fsp3) is 0.263. The van der Waals surface area contributed by atoms with Crippen LogP contribution in [-0.2, 0) is 16.8 Å². The van der Waals surface area contributed by atoms with Gasteiger partial charge in [0.15, 0.2) is 0 Å². The first kappa shape index (κ1) is 19.0. The van der Waals surface area contributed by atoms with Crippen molar-refractivity contribution in [2.45, 2.75) is 32.7 Å². The molecule has 0 aliphatic carbocycles. The van der Waals surface area contributed by atoms with E-state index in [4.69, 9.17) is 4.52 Å². The quantitative estimate of drug-likeness (QED) is 0.682. The summed E-state index contributed by atoms with van der Waals surface area (Å²) in [4.78, 5) is 28.4. The summed E-state index contributed by atoms with van der Waals surface area (Å²) in [5.41, 5.74) is 0.946. The molecule has 1 amide bonds. The third kappa shape index (κ3) is 4.71. The zero-order chi connectivity index (χ0) is 19.6. The molecule has 0 spiro atoms. The fourth-order valence-electron chi connectivity index (χ4n) is 2.33. The van der Waals surface area contributed by atoms with E-state index in [1.165, 1.54) is 10.6 Å². The number of carbonyl (C=O) groups is 1. The molecule has 0 unspecified atom stereocenters. The first-order chi connectivity index (χ1) is 12.7. The van der Waals surface area contributed by atoms with Crippen LogP contribution in [0.15, 0.2) is 56.4 Å². The van der Waals surface area contributed by atoms with Crippen molar-refractivity contribution < 1.29 is 9.32 Å². The topological polar surface area (TPSA) is 90.0 Å². The first-order valence-corrected chi connectivity index (χ1v) is 9.12. The number of amides is 1. The minimum atomic E-state index is -0.294. The summed E-state index contributed by atoms with van der Waals surface area (Å²) >= 11 is 3.29. The number of nitrogens with one attached hydrogen (secondary N) is 1. The lowest BCUT2D eigenvalue weighted by molar-refractivity contribution is -0.116. The van der Waals surface area contributed by atoms with Crippen molar-refractivity contribution in [1.29, 1.82) is 0 Å². The normalized spacial score (nSPS) is 11.4. The fourth-order valence-corrected chi connectivity index (χ4v) is 2.71. The molecule has 1 N–H and O–H groups in total. The zero-order valence-corrected chi connectivity index (χ0v) is 16.8. The molecule has 140 valence electrons. The van der Waals surface area contributed by atoms with Crippen molar-refractivity contribution in [3.63, 3.8) is 0 Å². The molecule has 0 saturated heterocycles. The molecule has 0 saturated carbocycles. The minimum Gasteiger partial charge on any atom is -0.338 e. The molecular weight excluding hydrogens is 412 g/mol. The van der Waals surface area contributed by atoms with Gasteiger partial charge in [0, 0.05) is 33.4 Å². The van der Waals surface area contributed by atoms with Gasteiger partial charge >= 0.3 is 0 Å². The average molecular weight is 431 g/mol. The highest BCUT2D eigenvalue weighted by atomic mass is 79.9. The van der Waals surface area contributed by atoms with E-state index in [-0.39, 0.29) is 23.4 Å². The van der Waals surface area contributed by atoms with Gasteiger partial charge in [0.2, 0.25) is 17.6 Å². The van der Waals surface area contributed by atoms with Gasteiger partial charge in [-0.1, -0.05) is 25.9 Å². The molecule has 7 nitrogen and oxygen atoms in total. The molecule has 2 heterocycles. The van der Waals surface area contributed by atoms with E-state index >= 15 is 0 Å². The van der Waals surface area contributed by atoms with Crippen LogP contribution in [0.2, 0.25) is 0 Å². The molecule has 0 aliphatic heterocycles. The summed E-state index contributed by atoms with van der Waals surface area (Å²) < 4.78 is 7.36. The van der Waals surface area contributed by atoms with E-state index in [0.717, 1.165) is 10.0 Å². The molecule has 2 aromatic heterocycles. The van der Waals surface area contributed by atoms with Gasteiger partial charge in [0.25, 0.3) is 5.56 Å². The van der Waals surface area contributed by atoms with Crippen molar-refractivity contribution in [2.24, 2.45) is 0 Å². The molecule has 0 atom stereocenters. The number of rotatable bonds is 4. The van der Waals surface area contributed by atoms with Crippen molar-refractivity contribution >= 4 is 27.5 Å². The Hall–Kier alpha value is -2.74. The van der Waals surface area contributed by atoms with E-state index in [0.29, 0.717) is 17.4 Å². The van der Waals surface area contributed by atoms with Crippen LogP contribution in [-0.4, -0.2) is 20.6 Å². The maximum atomic E-state index is 12.2. The van der Waals surface area contributed by atoms with Crippen LogP contribution < -0.4 is 10.9 Å². The molecule has 1 aromatic carbocycles. The van der Waals surface area contributed by atoms with Gasteiger partial charge in [-0.25, -0.2) is 0 Å². The molecular formula is C19H19BrN4O3. The van der Waals surface area contributed by atoms with Crippen LogP contribution >= 0.6 is 15.9 Å². The molecule has 0 bridgehead atoms. The van der Waals surface area contributed by atoms with Crippen LogP contribution in [0.5, 0.6) is 0 Å². The number of hydrogen-bond donors (Lipinski definition) is 1. The van der Waals surface area contributed by atoms with Crippen molar-refractivity contribution in [2.75, 3.05) is 5.32 Å². The van der Waals surface area contributed by atoms with Gasteiger partial charge in [-0.3, -0.25) is 9.59 Å². The monoisotopic (exact) mass is 430 g/mol. The Morgan fingerprint density at radius 1 is 1.19 bits per heavy atom. The van der Waals surface area contributed by atoms with Gasteiger partial charge in [0.05, 0.1) is 0 Å². The lowest BCUT2D eigenvalue weighted by atomic mass is 9.97. The Kier molecular flexibility index (Phi) is 5.27. The maximum absolute atomic E-state index is 12.2. The third-order valence-corrected chi connectivity index (χ3v) is 4.22. The molecule has 0 fully saturated rings.